The number of amides is 1. The summed E-state index contributed by atoms with van der Waals surface area (Å²) in [5.74, 6) is 1.65. The van der Waals surface area contributed by atoms with Gasteiger partial charge in [-0.05, 0) is 44.0 Å². The molecule has 1 fully saturated rings. The van der Waals surface area contributed by atoms with Gasteiger partial charge in [0.1, 0.15) is 0 Å². The van der Waals surface area contributed by atoms with E-state index in [4.69, 9.17) is 9.47 Å². The number of nitrogens with zero attached hydrogens (tertiary/aromatic N) is 1. The monoisotopic (exact) mass is 306 g/mol. The minimum absolute atomic E-state index is 0.228. The number of ether oxygens (including phenoxy) is 2. The summed E-state index contributed by atoms with van der Waals surface area (Å²) in [7, 11) is 3.24. The quantitative estimate of drug-likeness (QED) is 0.835. The number of aryl methyl sites for hydroxylation is 1. The average Bonchev–Trinajstić information content (AvgIpc) is 3.07. The Hall–Kier alpha value is -1.75. The van der Waals surface area contributed by atoms with Crippen LogP contribution in [-0.2, 0) is 11.2 Å². The van der Waals surface area contributed by atoms with Crippen molar-refractivity contribution < 1.29 is 14.3 Å². The lowest BCUT2D eigenvalue weighted by Crippen LogP contribution is -2.41. The molecular weight excluding hydrogens is 280 g/mol. The predicted octanol–water partition coefficient (Wildman–Crippen LogP) is 1.85. The summed E-state index contributed by atoms with van der Waals surface area (Å²) in [6.45, 7) is 4.74. The second-order valence-electron chi connectivity index (χ2n) is 5.52. The van der Waals surface area contributed by atoms with Crippen LogP contribution in [-0.4, -0.2) is 50.7 Å². The highest BCUT2D eigenvalue weighted by molar-refractivity contribution is 5.77. The number of rotatable bonds is 7. The second-order valence-corrected chi connectivity index (χ2v) is 5.52. The highest BCUT2D eigenvalue weighted by atomic mass is 16.5. The summed E-state index contributed by atoms with van der Waals surface area (Å²) in [6.07, 6.45) is 2.30. The van der Waals surface area contributed by atoms with E-state index in [2.05, 4.69) is 5.32 Å². The Labute approximate surface area is 132 Å². The van der Waals surface area contributed by atoms with Gasteiger partial charge < -0.3 is 19.7 Å². The van der Waals surface area contributed by atoms with Gasteiger partial charge in [-0.3, -0.25) is 4.79 Å². The standard InChI is InChI=1S/C17H26N2O3/c1-4-19(14-9-10-18-12-14)17(20)8-6-13-5-7-15(21-2)16(11-13)22-3/h5,7,11,14,18H,4,6,8-10,12H2,1-3H3. The molecule has 1 unspecified atom stereocenters. The smallest absolute Gasteiger partial charge is 0.223 e. The molecule has 1 heterocycles. The van der Waals surface area contributed by atoms with Crippen LogP contribution in [0, 0.1) is 0 Å². The number of benzene rings is 1. The maximum absolute atomic E-state index is 12.5. The maximum Gasteiger partial charge on any atom is 0.223 e. The van der Waals surface area contributed by atoms with Crippen molar-refractivity contribution in [3.8, 4) is 11.5 Å². The van der Waals surface area contributed by atoms with Crippen molar-refractivity contribution in [1.29, 1.82) is 0 Å². The van der Waals surface area contributed by atoms with Gasteiger partial charge >= 0.3 is 0 Å². The van der Waals surface area contributed by atoms with E-state index in [-0.39, 0.29) is 5.91 Å². The molecule has 1 atom stereocenters. The van der Waals surface area contributed by atoms with Crippen LogP contribution in [0.25, 0.3) is 0 Å². The Balaban J connectivity index is 1.95. The summed E-state index contributed by atoms with van der Waals surface area (Å²) in [6, 6.07) is 6.17. The van der Waals surface area contributed by atoms with E-state index in [1.54, 1.807) is 14.2 Å². The van der Waals surface area contributed by atoms with Crippen LogP contribution in [0.4, 0.5) is 0 Å². The molecule has 5 nitrogen and oxygen atoms in total. The molecule has 1 N–H and O–H groups in total. The molecule has 1 aliphatic heterocycles. The Morgan fingerprint density at radius 1 is 1.32 bits per heavy atom. The number of methoxy groups -OCH3 is 2. The average molecular weight is 306 g/mol. The maximum atomic E-state index is 12.5. The van der Waals surface area contributed by atoms with Gasteiger partial charge in [0.25, 0.3) is 0 Å². The van der Waals surface area contributed by atoms with Gasteiger partial charge in [-0.25, -0.2) is 0 Å². The van der Waals surface area contributed by atoms with Gasteiger partial charge in [0.05, 0.1) is 14.2 Å². The fourth-order valence-corrected chi connectivity index (χ4v) is 2.97. The second kappa shape index (κ2) is 8.03. The summed E-state index contributed by atoms with van der Waals surface area (Å²) >= 11 is 0. The SMILES string of the molecule is CCN(C(=O)CCc1ccc(OC)c(OC)c1)C1CCNC1. The minimum Gasteiger partial charge on any atom is -0.493 e. The van der Waals surface area contributed by atoms with Crippen molar-refractivity contribution in [2.75, 3.05) is 33.9 Å². The van der Waals surface area contributed by atoms with Crippen LogP contribution in [0.5, 0.6) is 11.5 Å². The van der Waals surface area contributed by atoms with Gasteiger partial charge in [0, 0.05) is 25.6 Å². The van der Waals surface area contributed by atoms with Crippen LogP contribution < -0.4 is 14.8 Å². The lowest BCUT2D eigenvalue weighted by molar-refractivity contribution is -0.132. The van der Waals surface area contributed by atoms with Crippen molar-refractivity contribution in [3.05, 3.63) is 23.8 Å². The lowest BCUT2D eigenvalue weighted by Gasteiger charge is -2.27. The van der Waals surface area contributed by atoms with Crippen molar-refractivity contribution in [3.63, 3.8) is 0 Å². The first-order valence-electron chi connectivity index (χ1n) is 7.90. The van der Waals surface area contributed by atoms with Crippen molar-refractivity contribution >= 4 is 5.91 Å². The molecule has 0 aliphatic carbocycles. The molecule has 0 radical (unpaired) electrons. The zero-order chi connectivity index (χ0) is 15.9. The molecule has 1 aliphatic rings. The van der Waals surface area contributed by atoms with E-state index in [0.717, 1.165) is 38.0 Å². The first-order valence-corrected chi connectivity index (χ1v) is 7.90. The molecule has 1 saturated heterocycles. The van der Waals surface area contributed by atoms with E-state index >= 15 is 0 Å². The Bertz CT molecular complexity index is 499. The fourth-order valence-electron chi connectivity index (χ4n) is 2.97. The van der Waals surface area contributed by atoms with Gasteiger partial charge in [-0.1, -0.05) is 6.07 Å². The summed E-state index contributed by atoms with van der Waals surface area (Å²) in [5.41, 5.74) is 1.09. The normalized spacial score (nSPS) is 17.3. The van der Waals surface area contributed by atoms with Gasteiger partial charge in [-0.2, -0.15) is 0 Å². The van der Waals surface area contributed by atoms with Gasteiger partial charge in [0.2, 0.25) is 5.91 Å². The topological polar surface area (TPSA) is 50.8 Å². The zero-order valence-corrected chi connectivity index (χ0v) is 13.7. The third-order valence-electron chi connectivity index (χ3n) is 4.21. The van der Waals surface area contributed by atoms with Crippen LogP contribution >= 0.6 is 0 Å². The van der Waals surface area contributed by atoms with Gasteiger partial charge in [-0.15, -0.1) is 0 Å². The van der Waals surface area contributed by atoms with E-state index in [1.165, 1.54) is 0 Å². The Morgan fingerprint density at radius 3 is 2.68 bits per heavy atom. The number of hydrogen-bond acceptors (Lipinski definition) is 4. The molecular formula is C17H26N2O3. The Morgan fingerprint density at radius 2 is 2.09 bits per heavy atom. The number of hydrogen-bond donors (Lipinski definition) is 1. The number of carbonyl (C=O) groups is 1. The number of carbonyl (C=O) groups excluding carboxylic acids is 1. The molecule has 0 spiro atoms. The van der Waals surface area contributed by atoms with E-state index in [1.807, 2.05) is 30.0 Å². The number of nitrogens with one attached hydrogen (secondary N) is 1. The number of likely N-dealkylation sites (N-methyl/N-ethyl adjacent to an activating group) is 1. The molecule has 1 aromatic carbocycles. The lowest BCUT2D eigenvalue weighted by atomic mass is 10.1. The van der Waals surface area contributed by atoms with Gasteiger partial charge in [0.15, 0.2) is 11.5 Å². The highest BCUT2D eigenvalue weighted by Gasteiger charge is 2.24. The van der Waals surface area contributed by atoms with Crippen molar-refractivity contribution in [2.45, 2.75) is 32.2 Å². The Kier molecular flexibility index (Phi) is 6.07. The molecule has 2 rings (SSSR count). The van der Waals surface area contributed by atoms with Crippen LogP contribution in [0.3, 0.4) is 0 Å². The first-order chi connectivity index (χ1) is 10.7. The molecule has 0 saturated carbocycles. The molecule has 22 heavy (non-hydrogen) atoms. The van der Waals surface area contributed by atoms with Crippen molar-refractivity contribution in [1.82, 2.24) is 10.2 Å². The third-order valence-corrected chi connectivity index (χ3v) is 4.21. The van der Waals surface area contributed by atoms with Crippen LogP contribution in [0.2, 0.25) is 0 Å². The first kappa shape index (κ1) is 16.6. The third kappa shape index (κ3) is 3.91. The summed E-state index contributed by atoms with van der Waals surface area (Å²) in [4.78, 5) is 14.5. The zero-order valence-electron chi connectivity index (χ0n) is 13.7. The van der Waals surface area contributed by atoms with E-state index in [0.29, 0.717) is 24.0 Å². The van der Waals surface area contributed by atoms with E-state index in [9.17, 15) is 4.79 Å². The largest absolute Gasteiger partial charge is 0.493 e. The summed E-state index contributed by atoms with van der Waals surface area (Å²) in [5, 5.41) is 3.32. The van der Waals surface area contributed by atoms with Crippen molar-refractivity contribution in [2.24, 2.45) is 0 Å². The van der Waals surface area contributed by atoms with Crippen LogP contribution in [0.15, 0.2) is 18.2 Å². The molecule has 0 bridgehead atoms. The molecule has 0 aromatic heterocycles. The highest BCUT2D eigenvalue weighted by Crippen LogP contribution is 2.28. The fraction of sp³-hybridized carbons (Fsp3) is 0.588. The molecule has 5 heteroatoms. The van der Waals surface area contributed by atoms with E-state index < -0.39 is 0 Å². The molecule has 122 valence electrons. The van der Waals surface area contributed by atoms with Crippen LogP contribution in [0.1, 0.15) is 25.3 Å². The minimum atomic E-state index is 0.228. The molecule has 1 amide bonds. The molecule has 1 aromatic rings. The predicted molar refractivity (Wildman–Crippen MR) is 86.5 cm³/mol. The summed E-state index contributed by atoms with van der Waals surface area (Å²) < 4.78 is 10.5.